The maximum Gasteiger partial charge on any atom is 0.151 e. The summed E-state index contributed by atoms with van der Waals surface area (Å²) in [5, 5.41) is 2.51. The second kappa shape index (κ2) is 3.22. The van der Waals surface area contributed by atoms with E-state index >= 15 is 0 Å². The molecule has 2 heterocycles. The summed E-state index contributed by atoms with van der Waals surface area (Å²) in [5.74, 6) is -0.322. The number of hydrogen-bond donors (Lipinski definition) is 0. The molecule has 2 nitrogen and oxygen atoms in total. The minimum absolute atomic E-state index is 0.322. The van der Waals surface area contributed by atoms with E-state index in [1.54, 1.807) is 12.3 Å². The summed E-state index contributed by atoms with van der Waals surface area (Å²) in [4.78, 5) is 8.09. The Morgan fingerprint density at radius 1 is 1.46 bits per heavy atom. The Hall–Kier alpha value is -1.29. The Morgan fingerprint density at radius 2 is 2.31 bits per heavy atom. The van der Waals surface area contributed by atoms with E-state index in [0.717, 1.165) is 5.69 Å². The molecule has 0 aromatic carbocycles. The molecule has 13 heavy (non-hydrogen) atoms. The summed E-state index contributed by atoms with van der Waals surface area (Å²) < 4.78 is 13.2. The van der Waals surface area contributed by atoms with E-state index in [0.29, 0.717) is 10.7 Å². The Labute approximate surface area is 79.1 Å². The number of rotatable bonds is 1. The molecular weight excluding hydrogens is 187 g/mol. The van der Waals surface area contributed by atoms with Gasteiger partial charge in [-0.2, -0.15) is 0 Å². The van der Waals surface area contributed by atoms with E-state index in [9.17, 15) is 4.39 Å². The molecule has 0 fully saturated rings. The molecular formula is C9H7FN2S. The van der Waals surface area contributed by atoms with E-state index in [2.05, 4.69) is 9.97 Å². The van der Waals surface area contributed by atoms with Crippen LogP contribution in [0.4, 0.5) is 4.39 Å². The van der Waals surface area contributed by atoms with E-state index in [1.807, 2.05) is 12.3 Å². The summed E-state index contributed by atoms with van der Waals surface area (Å²) in [6.07, 6.45) is 1.56. The Morgan fingerprint density at radius 3 is 2.92 bits per heavy atom. The molecule has 0 radical (unpaired) electrons. The maximum atomic E-state index is 13.2. The number of pyridine rings is 1. The summed E-state index contributed by atoms with van der Waals surface area (Å²) in [5.41, 5.74) is 1.23. The second-order valence-electron chi connectivity index (χ2n) is 2.63. The molecule has 0 N–H and O–H groups in total. The third-order valence-corrected chi connectivity index (χ3v) is 2.55. The first kappa shape index (κ1) is 8.31. The van der Waals surface area contributed by atoms with Crippen molar-refractivity contribution in [3.8, 4) is 10.7 Å². The molecule has 2 aromatic rings. The van der Waals surface area contributed by atoms with Gasteiger partial charge in [-0.25, -0.2) is 9.37 Å². The predicted molar refractivity (Wildman–Crippen MR) is 50.0 cm³/mol. The van der Waals surface area contributed by atoms with Crippen molar-refractivity contribution in [1.82, 2.24) is 9.97 Å². The molecule has 0 spiro atoms. The van der Waals surface area contributed by atoms with Gasteiger partial charge in [0.1, 0.15) is 10.7 Å². The van der Waals surface area contributed by atoms with Crippen LogP contribution in [0.15, 0.2) is 23.7 Å². The van der Waals surface area contributed by atoms with Crippen LogP contribution in [0, 0.1) is 12.7 Å². The molecule has 2 aromatic heterocycles. The van der Waals surface area contributed by atoms with Gasteiger partial charge in [0.15, 0.2) is 5.82 Å². The molecule has 0 saturated carbocycles. The molecule has 0 aliphatic carbocycles. The zero-order valence-electron chi connectivity index (χ0n) is 6.99. The van der Waals surface area contributed by atoms with Crippen molar-refractivity contribution in [2.24, 2.45) is 0 Å². The Balaban J connectivity index is 2.52. The van der Waals surface area contributed by atoms with Crippen LogP contribution in [-0.4, -0.2) is 9.97 Å². The van der Waals surface area contributed by atoms with Crippen LogP contribution in [-0.2, 0) is 0 Å². The van der Waals surface area contributed by atoms with Gasteiger partial charge in [-0.05, 0) is 19.1 Å². The van der Waals surface area contributed by atoms with Gasteiger partial charge in [0, 0.05) is 17.3 Å². The molecule has 0 aliphatic rings. The van der Waals surface area contributed by atoms with Crippen LogP contribution >= 0.6 is 11.3 Å². The highest BCUT2D eigenvalue weighted by Gasteiger charge is 2.08. The van der Waals surface area contributed by atoms with Crippen molar-refractivity contribution in [1.29, 1.82) is 0 Å². The van der Waals surface area contributed by atoms with Crippen LogP contribution in [0.25, 0.3) is 10.7 Å². The number of halogens is 1. The second-order valence-corrected chi connectivity index (χ2v) is 3.49. The number of thiazole rings is 1. The van der Waals surface area contributed by atoms with E-state index in [1.165, 1.54) is 17.4 Å². The highest BCUT2D eigenvalue weighted by molar-refractivity contribution is 7.13. The first-order chi connectivity index (χ1) is 6.27. The standard InChI is InChI=1S/C9H7FN2S/c1-6-5-13-9(12-6)8-7(10)3-2-4-11-8/h2-5H,1H3. The van der Waals surface area contributed by atoms with Crippen molar-refractivity contribution in [3.05, 3.63) is 35.2 Å². The Kier molecular flexibility index (Phi) is 2.06. The van der Waals surface area contributed by atoms with Crippen LogP contribution in [0.3, 0.4) is 0 Å². The summed E-state index contributed by atoms with van der Waals surface area (Å²) in [6.45, 7) is 1.88. The molecule has 0 saturated heterocycles. The normalized spacial score (nSPS) is 10.3. The Bertz CT molecular complexity index is 425. The van der Waals surface area contributed by atoms with Gasteiger partial charge in [-0.1, -0.05) is 0 Å². The maximum absolute atomic E-state index is 13.2. The van der Waals surface area contributed by atoms with Gasteiger partial charge in [0.25, 0.3) is 0 Å². The minimum atomic E-state index is -0.322. The first-order valence-corrected chi connectivity index (χ1v) is 4.68. The number of aromatic nitrogens is 2. The lowest BCUT2D eigenvalue weighted by Crippen LogP contribution is -1.86. The van der Waals surface area contributed by atoms with Crippen molar-refractivity contribution in [2.75, 3.05) is 0 Å². The molecule has 0 amide bonds. The van der Waals surface area contributed by atoms with Gasteiger partial charge >= 0.3 is 0 Å². The summed E-state index contributed by atoms with van der Waals surface area (Å²) >= 11 is 1.40. The van der Waals surface area contributed by atoms with E-state index in [-0.39, 0.29) is 5.82 Å². The lowest BCUT2D eigenvalue weighted by Gasteiger charge is -1.95. The zero-order valence-corrected chi connectivity index (χ0v) is 7.81. The lowest BCUT2D eigenvalue weighted by molar-refractivity contribution is 0.625. The number of nitrogens with zero attached hydrogens (tertiary/aromatic N) is 2. The minimum Gasteiger partial charge on any atom is -0.251 e. The average molecular weight is 194 g/mol. The van der Waals surface area contributed by atoms with Gasteiger partial charge in [-0.3, -0.25) is 4.98 Å². The lowest BCUT2D eigenvalue weighted by atomic mass is 10.3. The molecule has 0 bridgehead atoms. The average Bonchev–Trinajstić information content (AvgIpc) is 2.53. The first-order valence-electron chi connectivity index (χ1n) is 3.80. The van der Waals surface area contributed by atoms with E-state index in [4.69, 9.17) is 0 Å². The van der Waals surface area contributed by atoms with Gasteiger partial charge < -0.3 is 0 Å². The number of hydrogen-bond acceptors (Lipinski definition) is 3. The largest absolute Gasteiger partial charge is 0.251 e. The quantitative estimate of drug-likeness (QED) is 0.697. The SMILES string of the molecule is Cc1csc(-c2ncccc2F)n1. The van der Waals surface area contributed by atoms with Crippen LogP contribution in [0.1, 0.15) is 5.69 Å². The summed E-state index contributed by atoms with van der Waals surface area (Å²) in [6, 6.07) is 2.96. The molecule has 0 atom stereocenters. The monoisotopic (exact) mass is 194 g/mol. The topological polar surface area (TPSA) is 25.8 Å². The van der Waals surface area contributed by atoms with Gasteiger partial charge in [0.2, 0.25) is 0 Å². The highest BCUT2D eigenvalue weighted by atomic mass is 32.1. The van der Waals surface area contributed by atoms with Gasteiger partial charge in [0.05, 0.1) is 0 Å². The van der Waals surface area contributed by atoms with E-state index < -0.39 is 0 Å². The van der Waals surface area contributed by atoms with Crippen LogP contribution in [0.5, 0.6) is 0 Å². The van der Waals surface area contributed by atoms with Crippen molar-refractivity contribution in [2.45, 2.75) is 6.92 Å². The van der Waals surface area contributed by atoms with Crippen molar-refractivity contribution < 1.29 is 4.39 Å². The van der Waals surface area contributed by atoms with Crippen molar-refractivity contribution >= 4 is 11.3 Å². The smallest absolute Gasteiger partial charge is 0.151 e. The van der Waals surface area contributed by atoms with Crippen LogP contribution in [0.2, 0.25) is 0 Å². The highest BCUT2D eigenvalue weighted by Crippen LogP contribution is 2.23. The fraction of sp³-hybridized carbons (Fsp3) is 0.111. The summed E-state index contributed by atoms with van der Waals surface area (Å²) in [7, 11) is 0. The molecule has 0 aliphatic heterocycles. The zero-order chi connectivity index (χ0) is 9.26. The molecule has 0 unspecified atom stereocenters. The van der Waals surface area contributed by atoms with Gasteiger partial charge in [-0.15, -0.1) is 11.3 Å². The fourth-order valence-corrected chi connectivity index (χ4v) is 1.80. The number of aryl methyl sites for hydroxylation is 1. The van der Waals surface area contributed by atoms with Crippen LogP contribution < -0.4 is 0 Å². The predicted octanol–water partition coefficient (Wildman–Crippen LogP) is 2.65. The molecule has 2 rings (SSSR count). The van der Waals surface area contributed by atoms with Crippen molar-refractivity contribution in [3.63, 3.8) is 0 Å². The fourth-order valence-electron chi connectivity index (χ4n) is 1.01. The third-order valence-electron chi connectivity index (χ3n) is 1.58. The third kappa shape index (κ3) is 1.58. The molecule has 4 heteroatoms. The molecule has 66 valence electrons.